The molecule has 0 radical (unpaired) electrons. The molecule has 0 aliphatic heterocycles. The van der Waals surface area contributed by atoms with Gasteiger partial charge in [0, 0.05) is 15.4 Å². The molecule has 0 bridgehead atoms. The van der Waals surface area contributed by atoms with Crippen molar-refractivity contribution in [2.24, 2.45) is 0 Å². The van der Waals surface area contributed by atoms with Crippen molar-refractivity contribution < 1.29 is 14.3 Å². The number of nitrogens with zero attached hydrogens (tertiary/aromatic N) is 1. The molecule has 0 spiro atoms. The van der Waals surface area contributed by atoms with E-state index in [0.717, 1.165) is 26.5 Å². The lowest BCUT2D eigenvalue weighted by Crippen LogP contribution is -2.07. The van der Waals surface area contributed by atoms with E-state index in [1.54, 1.807) is 14.0 Å². The lowest BCUT2D eigenvalue weighted by atomic mass is 10.2. The number of hydrogen-bond donors (Lipinski definition) is 0. The van der Waals surface area contributed by atoms with Gasteiger partial charge in [-0.3, -0.25) is 4.79 Å². The maximum atomic E-state index is 11.4. The Morgan fingerprint density at radius 1 is 1.45 bits per heavy atom. The number of ether oxygens (including phenoxy) is 2. The summed E-state index contributed by atoms with van der Waals surface area (Å²) in [4.78, 5) is 15.9. The SMILES string of the molecule is CCOC(=O)Cc1csc(-c2ccc(OC)cc2Br)n1. The molecule has 1 heterocycles. The lowest BCUT2D eigenvalue weighted by molar-refractivity contribution is -0.142. The van der Waals surface area contributed by atoms with E-state index in [1.807, 2.05) is 23.6 Å². The first-order valence-electron chi connectivity index (χ1n) is 6.08. The van der Waals surface area contributed by atoms with Crippen molar-refractivity contribution in [1.29, 1.82) is 0 Å². The number of hydrogen-bond acceptors (Lipinski definition) is 5. The molecular formula is C14H14BrNO3S. The first-order chi connectivity index (χ1) is 9.63. The van der Waals surface area contributed by atoms with Gasteiger partial charge in [-0.05, 0) is 41.1 Å². The number of thiazole rings is 1. The van der Waals surface area contributed by atoms with Gasteiger partial charge in [0.2, 0.25) is 0 Å². The fourth-order valence-electron chi connectivity index (χ4n) is 1.67. The summed E-state index contributed by atoms with van der Waals surface area (Å²) >= 11 is 5.01. The van der Waals surface area contributed by atoms with Crippen molar-refractivity contribution in [2.45, 2.75) is 13.3 Å². The fourth-order valence-corrected chi connectivity index (χ4v) is 3.20. The second-order valence-electron chi connectivity index (χ2n) is 3.97. The Morgan fingerprint density at radius 3 is 2.90 bits per heavy atom. The summed E-state index contributed by atoms with van der Waals surface area (Å²) in [6, 6.07) is 5.71. The van der Waals surface area contributed by atoms with Crippen molar-refractivity contribution >= 4 is 33.2 Å². The van der Waals surface area contributed by atoms with Crippen LogP contribution in [0.1, 0.15) is 12.6 Å². The summed E-state index contributed by atoms with van der Waals surface area (Å²) in [5.41, 5.74) is 1.71. The zero-order chi connectivity index (χ0) is 14.5. The van der Waals surface area contributed by atoms with Crippen LogP contribution in [0.3, 0.4) is 0 Å². The molecule has 0 saturated carbocycles. The number of benzene rings is 1. The Bertz CT molecular complexity index is 612. The normalized spacial score (nSPS) is 10.3. The van der Waals surface area contributed by atoms with Crippen molar-refractivity contribution in [1.82, 2.24) is 4.98 Å². The molecule has 20 heavy (non-hydrogen) atoms. The summed E-state index contributed by atoms with van der Waals surface area (Å²) in [5.74, 6) is 0.530. The van der Waals surface area contributed by atoms with E-state index in [1.165, 1.54) is 11.3 Å². The van der Waals surface area contributed by atoms with Crippen molar-refractivity contribution in [2.75, 3.05) is 13.7 Å². The zero-order valence-electron chi connectivity index (χ0n) is 11.2. The first-order valence-corrected chi connectivity index (χ1v) is 7.75. The van der Waals surface area contributed by atoms with Crippen LogP contribution in [0.2, 0.25) is 0 Å². The van der Waals surface area contributed by atoms with Crippen LogP contribution in [0.5, 0.6) is 5.75 Å². The summed E-state index contributed by atoms with van der Waals surface area (Å²) in [7, 11) is 1.63. The van der Waals surface area contributed by atoms with E-state index in [9.17, 15) is 4.79 Å². The van der Waals surface area contributed by atoms with Gasteiger partial charge < -0.3 is 9.47 Å². The fraction of sp³-hybridized carbons (Fsp3) is 0.286. The number of rotatable bonds is 5. The molecule has 2 aromatic rings. The molecule has 0 atom stereocenters. The molecule has 2 rings (SSSR count). The molecule has 0 fully saturated rings. The Labute approximate surface area is 129 Å². The predicted octanol–water partition coefficient (Wildman–Crippen LogP) is 3.69. The number of carbonyl (C=O) groups is 1. The molecule has 1 aromatic carbocycles. The third-order valence-corrected chi connectivity index (χ3v) is 4.17. The number of halogens is 1. The predicted molar refractivity (Wildman–Crippen MR) is 82.1 cm³/mol. The molecule has 0 aliphatic rings. The van der Waals surface area contributed by atoms with Crippen LogP contribution in [0.25, 0.3) is 10.6 Å². The van der Waals surface area contributed by atoms with Gasteiger partial charge in [-0.25, -0.2) is 4.98 Å². The van der Waals surface area contributed by atoms with Gasteiger partial charge in [-0.1, -0.05) is 0 Å². The third-order valence-electron chi connectivity index (χ3n) is 2.59. The monoisotopic (exact) mass is 355 g/mol. The number of methoxy groups -OCH3 is 1. The van der Waals surface area contributed by atoms with E-state index in [-0.39, 0.29) is 12.4 Å². The zero-order valence-corrected chi connectivity index (χ0v) is 13.6. The summed E-state index contributed by atoms with van der Waals surface area (Å²) in [6.45, 7) is 2.18. The van der Waals surface area contributed by atoms with E-state index >= 15 is 0 Å². The highest BCUT2D eigenvalue weighted by atomic mass is 79.9. The quantitative estimate of drug-likeness (QED) is 0.767. The van der Waals surface area contributed by atoms with E-state index < -0.39 is 0 Å². The molecule has 4 nitrogen and oxygen atoms in total. The average Bonchev–Trinajstić information content (AvgIpc) is 2.86. The second-order valence-corrected chi connectivity index (χ2v) is 5.68. The van der Waals surface area contributed by atoms with Gasteiger partial charge in [0.1, 0.15) is 10.8 Å². The average molecular weight is 356 g/mol. The molecule has 0 aliphatic carbocycles. The topological polar surface area (TPSA) is 48.4 Å². The number of aromatic nitrogens is 1. The molecule has 6 heteroatoms. The highest BCUT2D eigenvalue weighted by molar-refractivity contribution is 9.10. The highest BCUT2D eigenvalue weighted by Gasteiger charge is 2.12. The first kappa shape index (κ1) is 15.0. The van der Waals surface area contributed by atoms with Crippen LogP contribution in [-0.2, 0) is 16.0 Å². The van der Waals surface area contributed by atoms with Crippen molar-refractivity contribution in [3.05, 3.63) is 33.7 Å². The van der Waals surface area contributed by atoms with Crippen LogP contribution in [0.15, 0.2) is 28.1 Å². The van der Waals surface area contributed by atoms with E-state index in [0.29, 0.717) is 6.61 Å². The minimum atomic E-state index is -0.252. The number of carbonyl (C=O) groups excluding carboxylic acids is 1. The maximum Gasteiger partial charge on any atom is 0.311 e. The smallest absolute Gasteiger partial charge is 0.311 e. The van der Waals surface area contributed by atoms with Crippen LogP contribution in [-0.4, -0.2) is 24.7 Å². The molecule has 0 amide bonds. The third kappa shape index (κ3) is 3.58. The number of esters is 1. The highest BCUT2D eigenvalue weighted by Crippen LogP contribution is 2.33. The van der Waals surface area contributed by atoms with Gasteiger partial charge in [-0.2, -0.15) is 0 Å². The van der Waals surface area contributed by atoms with Gasteiger partial charge in [0.05, 0.1) is 25.8 Å². The van der Waals surface area contributed by atoms with Gasteiger partial charge in [0.15, 0.2) is 0 Å². The Hall–Kier alpha value is -1.40. The Balaban J connectivity index is 2.18. The maximum absolute atomic E-state index is 11.4. The van der Waals surface area contributed by atoms with Crippen molar-refractivity contribution in [3.8, 4) is 16.3 Å². The van der Waals surface area contributed by atoms with E-state index in [4.69, 9.17) is 9.47 Å². The molecule has 106 valence electrons. The van der Waals surface area contributed by atoms with E-state index in [2.05, 4.69) is 20.9 Å². The summed E-state index contributed by atoms with van der Waals surface area (Å²) in [6.07, 6.45) is 0.206. The van der Waals surface area contributed by atoms with Gasteiger partial charge in [-0.15, -0.1) is 11.3 Å². The van der Waals surface area contributed by atoms with Crippen LogP contribution < -0.4 is 4.74 Å². The van der Waals surface area contributed by atoms with Gasteiger partial charge >= 0.3 is 5.97 Å². The molecule has 0 unspecified atom stereocenters. The summed E-state index contributed by atoms with van der Waals surface area (Å²) in [5, 5.41) is 2.74. The second kappa shape index (κ2) is 6.85. The lowest BCUT2D eigenvalue weighted by Gasteiger charge is -2.04. The Kier molecular flexibility index (Phi) is 5.14. The van der Waals surface area contributed by atoms with Gasteiger partial charge in [0.25, 0.3) is 0 Å². The standard InChI is InChI=1S/C14H14BrNO3S/c1-3-19-13(17)6-9-8-20-14(16-9)11-5-4-10(18-2)7-12(11)15/h4-5,7-8H,3,6H2,1-2H3. The van der Waals surface area contributed by atoms with Crippen LogP contribution in [0.4, 0.5) is 0 Å². The van der Waals surface area contributed by atoms with Crippen molar-refractivity contribution in [3.63, 3.8) is 0 Å². The van der Waals surface area contributed by atoms with Crippen LogP contribution in [0, 0.1) is 0 Å². The minimum absolute atomic E-state index is 0.206. The molecule has 0 N–H and O–H groups in total. The molecule has 0 saturated heterocycles. The molecular weight excluding hydrogens is 342 g/mol. The Morgan fingerprint density at radius 2 is 2.25 bits per heavy atom. The van der Waals surface area contributed by atoms with Crippen LogP contribution >= 0.6 is 27.3 Å². The molecule has 1 aromatic heterocycles. The summed E-state index contributed by atoms with van der Waals surface area (Å²) < 4.78 is 11.0. The minimum Gasteiger partial charge on any atom is -0.497 e. The largest absolute Gasteiger partial charge is 0.497 e.